The third kappa shape index (κ3) is 2.92. The molecule has 0 radical (unpaired) electrons. The number of hydrogen-bond donors (Lipinski definition) is 1. The molecule has 2 amide bonds. The Morgan fingerprint density at radius 2 is 2.00 bits per heavy atom. The summed E-state index contributed by atoms with van der Waals surface area (Å²) in [5, 5.41) is 3.04. The van der Waals surface area contributed by atoms with Crippen LogP contribution < -0.4 is 5.32 Å². The first-order valence-electron chi connectivity index (χ1n) is 9.13. The standard InChI is InChI=1S/C19H25N3O2/c23-17(21-12-14-5-8-20-9-6-14)16-11-19(16)7-10-22(13-19)18(24)15-3-1-2-4-15/h5-6,8-9,15-16H,1-4,7,10-13H2,(H,21,23)/t16-,19-/m1/s1. The number of rotatable bonds is 4. The maximum atomic E-state index is 12.6. The number of hydrogen-bond acceptors (Lipinski definition) is 3. The Bertz CT molecular complexity index is 627. The molecule has 24 heavy (non-hydrogen) atoms. The molecule has 1 saturated heterocycles. The van der Waals surface area contributed by atoms with Crippen molar-refractivity contribution in [3.8, 4) is 0 Å². The van der Waals surface area contributed by atoms with Gasteiger partial charge in [-0.1, -0.05) is 12.8 Å². The summed E-state index contributed by atoms with van der Waals surface area (Å²) in [6.07, 6.45) is 9.89. The number of amides is 2. The summed E-state index contributed by atoms with van der Waals surface area (Å²) in [6.45, 7) is 2.18. The van der Waals surface area contributed by atoms with E-state index in [0.29, 0.717) is 12.5 Å². The summed E-state index contributed by atoms with van der Waals surface area (Å²) in [5.41, 5.74) is 1.13. The summed E-state index contributed by atoms with van der Waals surface area (Å²) >= 11 is 0. The first kappa shape index (κ1) is 15.6. The van der Waals surface area contributed by atoms with Gasteiger partial charge in [-0.2, -0.15) is 0 Å². The van der Waals surface area contributed by atoms with Crippen molar-refractivity contribution in [3.63, 3.8) is 0 Å². The van der Waals surface area contributed by atoms with Crippen molar-refractivity contribution in [2.45, 2.75) is 45.1 Å². The highest BCUT2D eigenvalue weighted by molar-refractivity contribution is 5.84. The van der Waals surface area contributed by atoms with E-state index in [9.17, 15) is 9.59 Å². The molecule has 3 fully saturated rings. The molecule has 4 rings (SSSR count). The van der Waals surface area contributed by atoms with Gasteiger partial charge < -0.3 is 10.2 Å². The van der Waals surface area contributed by atoms with Gasteiger partial charge in [-0.05, 0) is 43.4 Å². The van der Waals surface area contributed by atoms with Crippen LogP contribution in [0.4, 0.5) is 0 Å². The quantitative estimate of drug-likeness (QED) is 0.921. The van der Waals surface area contributed by atoms with E-state index >= 15 is 0 Å². The summed E-state index contributed by atoms with van der Waals surface area (Å²) in [4.78, 5) is 31.0. The fourth-order valence-corrected chi connectivity index (χ4v) is 4.50. The molecule has 1 aromatic heterocycles. The highest BCUT2D eigenvalue weighted by Crippen LogP contribution is 2.58. The van der Waals surface area contributed by atoms with Crippen LogP contribution in [0.15, 0.2) is 24.5 Å². The Hall–Kier alpha value is -1.91. The van der Waals surface area contributed by atoms with Crippen LogP contribution in [0.5, 0.6) is 0 Å². The van der Waals surface area contributed by atoms with Crippen LogP contribution in [0.1, 0.15) is 44.1 Å². The van der Waals surface area contributed by atoms with E-state index in [1.807, 2.05) is 17.0 Å². The molecule has 128 valence electrons. The Balaban J connectivity index is 1.29. The van der Waals surface area contributed by atoms with Crippen LogP contribution in [-0.4, -0.2) is 34.8 Å². The lowest BCUT2D eigenvalue weighted by atomic mass is 10.0. The zero-order valence-corrected chi connectivity index (χ0v) is 14.0. The number of carbonyl (C=O) groups excluding carboxylic acids is 2. The van der Waals surface area contributed by atoms with Crippen LogP contribution in [0.3, 0.4) is 0 Å². The van der Waals surface area contributed by atoms with Gasteiger partial charge in [0.1, 0.15) is 0 Å². The number of pyridine rings is 1. The molecule has 2 aliphatic carbocycles. The van der Waals surface area contributed by atoms with E-state index < -0.39 is 0 Å². The molecular formula is C19H25N3O2. The number of carbonyl (C=O) groups is 2. The molecule has 0 bridgehead atoms. The minimum absolute atomic E-state index is 0.0661. The third-order valence-electron chi connectivity index (χ3n) is 6.12. The van der Waals surface area contributed by atoms with Crippen LogP contribution >= 0.6 is 0 Å². The van der Waals surface area contributed by atoms with Gasteiger partial charge in [-0.3, -0.25) is 14.6 Å². The minimum atomic E-state index is 0.0661. The highest BCUT2D eigenvalue weighted by Gasteiger charge is 2.61. The highest BCUT2D eigenvalue weighted by atomic mass is 16.2. The van der Waals surface area contributed by atoms with E-state index in [-0.39, 0.29) is 23.2 Å². The zero-order valence-electron chi connectivity index (χ0n) is 14.0. The Labute approximate surface area is 142 Å². The molecule has 2 atom stereocenters. The normalized spacial score (nSPS) is 29.2. The zero-order chi connectivity index (χ0) is 16.6. The predicted octanol–water partition coefficient (Wildman–Crippen LogP) is 2.13. The van der Waals surface area contributed by atoms with Crippen LogP contribution in [-0.2, 0) is 16.1 Å². The molecule has 1 aromatic rings. The van der Waals surface area contributed by atoms with Gasteiger partial charge in [0.05, 0.1) is 0 Å². The number of nitrogens with zero attached hydrogens (tertiary/aromatic N) is 2. The second-order valence-corrected chi connectivity index (χ2v) is 7.68. The van der Waals surface area contributed by atoms with E-state index in [1.165, 1.54) is 12.8 Å². The average Bonchev–Trinajstić information content (AvgIpc) is 2.98. The van der Waals surface area contributed by atoms with Gasteiger partial charge in [0.2, 0.25) is 11.8 Å². The Kier molecular flexibility index (Phi) is 4.02. The van der Waals surface area contributed by atoms with Crippen LogP contribution in [0.2, 0.25) is 0 Å². The molecular weight excluding hydrogens is 302 g/mol. The van der Waals surface area contributed by atoms with Gasteiger partial charge in [0.25, 0.3) is 0 Å². The van der Waals surface area contributed by atoms with Crippen molar-refractivity contribution in [2.24, 2.45) is 17.3 Å². The SMILES string of the molecule is O=C(NCc1ccncc1)[C@H]1C[C@@]12CCN(C(=O)C1CCCC1)C2. The van der Waals surface area contributed by atoms with Crippen molar-refractivity contribution < 1.29 is 9.59 Å². The fraction of sp³-hybridized carbons (Fsp3) is 0.632. The monoisotopic (exact) mass is 327 g/mol. The number of nitrogens with one attached hydrogen (secondary N) is 1. The third-order valence-corrected chi connectivity index (χ3v) is 6.12. The van der Waals surface area contributed by atoms with Gasteiger partial charge in [-0.25, -0.2) is 0 Å². The van der Waals surface area contributed by atoms with Crippen molar-refractivity contribution in [3.05, 3.63) is 30.1 Å². The first-order chi connectivity index (χ1) is 11.7. The molecule has 0 unspecified atom stereocenters. The summed E-state index contributed by atoms with van der Waals surface area (Å²) in [6, 6.07) is 3.83. The van der Waals surface area contributed by atoms with Crippen LogP contribution in [0.25, 0.3) is 0 Å². The smallest absolute Gasteiger partial charge is 0.225 e. The van der Waals surface area contributed by atoms with E-state index in [2.05, 4.69) is 10.3 Å². The second-order valence-electron chi connectivity index (χ2n) is 7.68. The van der Waals surface area contributed by atoms with Crippen molar-refractivity contribution in [2.75, 3.05) is 13.1 Å². The van der Waals surface area contributed by atoms with Crippen molar-refractivity contribution in [1.82, 2.24) is 15.2 Å². The molecule has 1 aliphatic heterocycles. The van der Waals surface area contributed by atoms with E-state index in [0.717, 1.165) is 44.3 Å². The number of likely N-dealkylation sites (tertiary alicyclic amines) is 1. The molecule has 0 aromatic carbocycles. The van der Waals surface area contributed by atoms with Gasteiger partial charge >= 0.3 is 0 Å². The van der Waals surface area contributed by atoms with Crippen molar-refractivity contribution in [1.29, 1.82) is 0 Å². The molecule has 1 N–H and O–H groups in total. The molecule has 1 spiro atoms. The lowest BCUT2D eigenvalue weighted by Gasteiger charge is -2.20. The Morgan fingerprint density at radius 1 is 1.25 bits per heavy atom. The maximum absolute atomic E-state index is 12.6. The molecule has 2 saturated carbocycles. The topological polar surface area (TPSA) is 62.3 Å². The summed E-state index contributed by atoms with van der Waals surface area (Å²) in [7, 11) is 0. The predicted molar refractivity (Wildman–Crippen MR) is 89.8 cm³/mol. The minimum Gasteiger partial charge on any atom is -0.352 e. The molecule has 5 heteroatoms. The number of aromatic nitrogens is 1. The maximum Gasteiger partial charge on any atom is 0.225 e. The second kappa shape index (κ2) is 6.19. The fourth-order valence-electron chi connectivity index (χ4n) is 4.50. The first-order valence-corrected chi connectivity index (χ1v) is 9.13. The average molecular weight is 327 g/mol. The van der Waals surface area contributed by atoms with Crippen LogP contribution in [0, 0.1) is 17.3 Å². The summed E-state index contributed by atoms with van der Waals surface area (Å²) < 4.78 is 0. The van der Waals surface area contributed by atoms with Gasteiger partial charge in [0, 0.05) is 49.3 Å². The lowest BCUT2D eigenvalue weighted by molar-refractivity contribution is -0.134. The molecule has 5 nitrogen and oxygen atoms in total. The van der Waals surface area contributed by atoms with Gasteiger partial charge in [-0.15, -0.1) is 0 Å². The molecule has 3 aliphatic rings. The van der Waals surface area contributed by atoms with E-state index in [1.54, 1.807) is 12.4 Å². The van der Waals surface area contributed by atoms with Gasteiger partial charge in [0.15, 0.2) is 0 Å². The molecule has 2 heterocycles. The largest absolute Gasteiger partial charge is 0.352 e. The van der Waals surface area contributed by atoms with Crippen molar-refractivity contribution >= 4 is 11.8 Å². The van der Waals surface area contributed by atoms with E-state index in [4.69, 9.17) is 0 Å². The summed E-state index contributed by atoms with van der Waals surface area (Å²) in [5.74, 6) is 0.813. The Morgan fingerprint density at radius 3 is 2.75 bits per heavy atom. The lowest BCUT2D eigenvalue weighted by Crippen LogP contribution is -2.34.